The average Bonchev–Trinajstić information content (AvgIpc) is 2.41. The summed E-state index contributed by atoms with van der Waals surface area (Å²) in [5.41, 5.74) is 5.81. The van der Waals surface area contributed by atoms with Crippen LogP contribution in [-0.4, -0.2) is 35.4 Å². The fraction of sp³-hybridized carbons (Fsp3) is 0.385. The van der Waals surface area contributed by atoms with Crippen LogP contribution in [0.4, 0.5) is 8.78 Å². The van der Waals surface area contributed by atoms with Gasteiger partial charge in [0.05, 0.1) is 6.42 Å². The highest BCUT2D eigenvalue weighted by molar-refractivity contribution is 5.83. The summed E-state index contributed by atoms with van der Waals surface area (Å²) in [4.78, 5) is 13.3. The first-order chi connectivity index (χ1) is 9.35. The van der Waals surface area contributed by atoms with E-state index in [1.54, 1.807) is 14.0 Å². The second kappa shape index (κ2) is 6.83. The van der Waals surface area contributed by atoms with Crippen LogP contribution in [-0.2, 0) is 11.2 Å². The number of likely N-dealkylation sites (N-methyl/N-ethyl adjacent to an activating group) is 1. The molecule has 0 saturated carbocycles. The van der Waals surface area contributed by atoms with Gasteiger partial charge in [-0.3, -0.25) is 4.79 Å². The summed E-state index contributed by atoms with van der Waals surface area (Å²) in [6, 6.07) is 3.34. The molecule has 1 rings (SSSR count). The highest BCUT2D eigenvalue weighted by atomic mass is 19.2. The summed E-state index contributed by atoms with van der Waals surface area (Å²) in [5.74, 6) is -2.48. The second-order valence-corrected chi connectivity index (χ2v) is 4.63. The number of hydrogen-bond donors (Lipinski definition) is 2. The maximum absolute atomic E-state index is 13.0. The highest BCUT2D eigenvalue weighted by Gasteiger charge is 2.16. The Bertz CT molecular complexity index is 520. The molecule has 110 valence electrons. The molecule has 7 heteroatoms. The molecule has 0 fully saturated rings. The van der Waals surface area contributed by atoms with Crippen LogP contribution in [0.15, 0.2) is 23.4 Å². The van der Waals surface area contributed by atoms with E-state index in [0.717, 1.165) is 12.1 Å². The van der Waals surface area contributed by atoms with Crippen molar-refractivity contribution in [2.45, 2.75) is 13.3 Å². The molecule has 0 radical (unpaired) electrons. The Morgan fingerprint density at radius 3 is 2.65 bits per heavy atom. The number of hydrogen-bond acceptors (Lipinski definition) is 3. The van der Waals surface area contributed by atoms with Gasteiger partial charge in [-0.1, -0.05) is 18.1 Å². The topological polar surface area (TPSA) is 78.9 Å². The minimum Gasteiger partial charge on any atom is -0.409 e. The van der Waals surface area contributed by atoms with Gasteiger partial charge in [-0.2, -0.15) is 0 Å². The van der Waals surface area contributed by atoms with E-state index in [4.69, 9.17) is 10.9 Å². The first kappa shape index (κ1) is 15.9. The first-order valence-corrected chi connectivity index (χ1v) is 6.00. The van der Waals surface area contributed by atoms with Crippen molar-refractivity contribution < 1.29 is 18.8 Å². The Balaban J connectivity index is 2.64. The third-order valence-corrected chi connectivity index (χ3v) is 2.93. The lowest BCUT2D eigenvalue weighted by molar-refractivity contribution is -0.129. The molecule has 20 heavy (non-hydrogen) atoms. The van der Waals surface area contributed by atoms with Crippen molar-refractivity contribution in [1.29, 1.82) is 0 Å². The summed E-state index contributed by atoms with van der Waals surface area (Å²) in [6.45, 7) is 1.97. The smallest absolute Gasteiger partial charge is 0.226 e. The van der Waals surface area contributed by atoms with Crippen LogP contribution in [0.3, 0.4) is 0 Å². The molecular formula is C13H17F2N3O2. The van der Waals surface area contributed by atoms with Crippen molar-refractivity contribution >= 4 is 11.7 Å². The Kier molecular flexibility index (Phi) is 5.42. The molecule has 0 spiro atoms. The van der Waals surface area contributed by atoms with Crippen LogP contribution in [0.5, 0.6) is 0 Å². The third-order valence-electron chi connectivity index (χ3n) is 2.93. The minimum atomic E-state index is -0.983. The van der Waals surface area contributed by atoms with E-state index in [1.807, 2.05) is 0 Å². The number of amides is 1. The maximum atomic E-state index is 13.0. The van der Waals surface area contributed by atoms with E-state index in [2.05, 4.69) is 5.16 Å². The van der Waals surface area contributed by atoms with Gasteiger partial charge in [0.15, 0.2) is 11.6 Å². The molecule has 0 aliphatic carbocycles. The zero-order valence-electron chi connectivity index (χ0n) is 11.3. The van der Waals surface area contributed by atoms with Crippen LogP contribution in [0, 0.1) is 17.6 Å². The largest absolute Gasteiger partial charge is 0.409 e. The molecular weight excluding hydrogens is 268 g/mol. The number of rotatable bonds is 5. The predicted molar refractivity (Wildman–Crippen MR) is 70.3 cm³/mol. The predicted octanol–water partition coefficient (Wildman–Crippen LogP) is 1.35. The Hall–Kier alpha value is -2.18. The van der Waals surface area contributed by atoms with Crippen LogP contribution >= 0.6 is 0 Å². The summed E-state index contributed by atoms with van der Waals surface area (Å²) in [6.07, 6.45) is -0.0450. The van der Waals surface area contributed by atoms with E-state index < -0.39 is 11.6 Å². The highest BCUT2D eigenvalue weighted by Crippen LogP contribution is 2.10. The van der Waals surface area contributed by atoms with Gasteiger partial charge in [0.2, 0.25) is 5.91 Å². The van der Waals surface area contributed by atoms with Crippen LogP contribution in [0.25, 0.3) is 0 Å². The van der Waals surface area contributed by atoms with Crippen molar-refractivity contribution in [2.75, 3.05) is 13.6 Å². The number of carbonyl (C=O) groups excluding carboxylic acids is 1. The number of amidine groups is 1. The SMILES string of the molecule is CC(CN(C)C(=O)Cc1ccc(F)c(F)c1)/C(N)=N/O. The molecule has 0 aromatic heterocycles. The molecule has 1 amide bonds. The van der Waals surface area contributed by atoms with Gasteiger partial charge in [-0.15, -0.1) is 0 Å². The lowest BCUT2D eigenvalue weighted by Crippen LogP contribution is -2.37. The van der Waals surface area contributed by atoms with Gasteiger partial charge in [-0.05, 0) is 17.7 Å². The quantitative estimate of drug-likeness (QED) is 0.371. The van der Waals surface area contributed by atoms with E-state index in [9.17, 15) is 13.6 Å². The van der Waals surface area contributed by atoms with Crippen molar-refractivity contribution in [3.05, 3.63) is 35.4 Å². The monoisotopic (exact) mass is 285 g/mol. The number of halogens is 2. The van der Waals surface area contributed by atoms with E-state index in [-0.39, 0.29) is 30.6 Å². The number of nitrogens with two attached hydrogens (primary N) is 1. The van der Waals surface area contributed by atoms with E-state index >= 15 is 0 Å². The number of benzene rings is 1. The molecule has 0 saturated heterocycles. The van der Waals surface area contributed by atoms with Crippen LogP contribution in [0.2, 0.25) is 0 Å². The lowest BCUT2D eigenvalue weighted by atomic mass is 10.1. The van der Waals surface area contributed by atoms with Gasteiger partial charge in [0.1, 0.15) is 5.84 Å². The molecule has 1 aromatic carbocycles. The van der Waals surface area contributed by atoms with Crippen molar-refractivity contribution in [3.8, 4) is 0 Å². The zero-order valence-corrected chi connectivity index (χ0v) is 11.3. The number of oxime groups is 1. The molecule has 1 aromatic rings. The molecule has 0 bridgehead atoms. The van der Waals surface area contributed by atoms with Gasteiger partial charge in [-0.25, -0.2) is 8.78 Å². The molecule has 0 aliphatic heterocycles. The Morgan fingerprint density at radius 1 is 1.45 bits per heavy atom. The minimum absolute atomic E-state index is 0.0254. The lowest BCUT2D eigenvalue weighted by Gasteiger charge is -2.21. The van der Waals surface area contributed by atoms with Crippen molar-refractivity contribution in [3.63, 3.8) is 0 Å². The standard InChI is InChI=1S/C13H17F2N3O2/c1-8(13(16)17-20)7-18(2)12(19)6-9-3-4-10(14)11(15)5-9/h3-5,8,20H,6-7H2,1-2H3,(H2,16,17). The maximum Gasteiger partial charge on any atom is 0.226 e. The van der Waals surface area contributed by atoms with Crippen molar-refractivity contribution in [1.82, 2.24) is 4.90 Å². The number of carbonyl (C=O) groups is 1. The molecule has 1 atom stereocenters. The molecule has 5 nitrogen and oxygen atoms in total. The van der Waals surface area contributed by atoms with E-state index in [1.165, 1.54) is 11.0 Å². The van der Waals surface area contributed by atoms with Gasteiger partial charge in [0.25, 0.3) is 0 Å². The molecule has 0 heterocycles. The van der Waals surface area contributed by atoms with Gasteiger partial charge < -0.3 is 15.8 Å². The number of nitrogens with zero attached hydrogens (tertiary/aromatic N) is 2. The second-order valence-electron chi connectivity index (χ2n) is 4.63. The van der Waals surface area contributed by atoms with Crippen molar-refractivity contribution in [2.24, 2.45) is 16.8 Å². The molecule has 3 N–H and O–H groups in total. The van der Waals surface area contributed by atoms with Crippen LogP contribution in [0.1, 0.15) is 12.5 Å². The molecule has 0 aliphatic rings. The fourth-order valence-electron chi connectivity index (χ4n) is 1.66. The van der Waals surface area contributed by atoms with Crippen LogP contribution < -0.4 is 5.73 Å². The zero-order chi connectivity index (χ0) is 15.3. The van der Waals surface area contributed by atoms with Gasteiger partial charge in [0, 0.05) is 19.5 Å². The summed E-state index contributed by atoms with van der Waals surface area (Å²) < 4.78 is 25.8. The summed E-state index contributed by atoms with van der Waals surface area (Å²) >= 11 is 0. The third kappa shape index (κ3) is 4.18. The summed E-state index contributed by atoms with van der Waals surface area (Å²) in [5, 5.41) is 11.4. The fourth-order valence-corrected chi connectivity index (χ4v) is 1.66. The molecule has 1 unspecified atom stereocenters. The first-order valence-electron chi connectivity index (χ1n) is 6.00. The normalized spacial score (nSPS) is 13.1. The van der Waals surface area contributed by atoms with Gasteiger partial charge >= 0.3 is 0 Å². The average molecular weight is 285 g/mol. The Labute approximate surface area is 115 Å². The Morgan fingerprint density at radius 2 is 2.10 bits per heavy atom. The summed E-state index contributed by atoms with van der Waals surface area (Å²) in [7, 11) is 1.56. The van der Waals surface area contributed by atoms with E-state index in [0.29, 0.717) is 5.56 Å².